The second-order valence-electron chi connectivity index (χ2n) is 10.1. The molecule has 0 unspecified atom stereocenters. The van der Waals surface area contributed by atoms with E-state index in [-0.39, 0.29) is 29.5 Å². The van der Waals surface area contributed by atoms with Gasteiger partial charge >= 0.3 is 0 Å². The lowest BCUT2D eigenvalue weighted by Gasteiger charge is -2.50. The third-order valence-corrected chi connectivity index (χ3v) is 7.78. The maximum absolute atomic E-state index is 14.0. The van der Waals surface area contributed by atoms with E-state index in [0.717, 1.165) is 12.1 Å². The number of aliphatic hydroxyl groups excluding tert-OH is 2. The Balaban J connectivity index is 1.75. The van der Waals surface area contributed by atoms with Crippen LogP contribution in [0, 0.1) is 23.5 Å². The highest BCUT2D eigenvalue weighted by Crippen LogP contribution is 2.53. The fourth-order valence-corrected chi connectivity index (χ4v) is 6.22. The first-order chi connectivity index (χ1) is 17.8. The van der Waals surface area contributed by atoms with Crippen molar-refractivity contribution >= 4 is 23.2 Å². The van der Waals surface area contributed by atoms with Gasteiger partial charge in [-0.1, -0.05) is 6.07 Å². The van der Waals surface area contributed by atoms with Crippen LogP contribution in [0.5, 0.6) is 5.75 Å². The van der Waals surface area contributed by atoms with E-state index in [0.29, 0.717) is 17.2 Å². The van der Waals surface area contributed by atoms with E-state index in [9.17, 15) is 43.6 Å². The highest BCUT2D eigenvalue weighted by atomic mass is 19.1. The summed E-state index contributed by atoms with van der Waals surface area (Å²) < 4.78 is 28.0. The van der Waals surface area contributed by atoms with E-state index in [1.54, 1.807) is 0 Å². The fourth-order valence-electron chi connectivity index (χ4n) is 6.22. The molecule has 1 saturated carbocycles. The average Bonchev–Trinajstić information content (AvgIpc) is 2.80. The summed E-state index contributed by atoms with van der Waals surface area (Å²) in [5.74, 6) is -9.31. The molecule has 0 heterocycles. The Kier molecular flexibility index (Phi) is 5.69. The van der Waals surface area contributed by atoms with Crippen LogP contribution in [-0.4, -0.2) is 68.5 Å². The quantitative estimate of drug-likeness (QED) is 0.379. The third kappa shape index (κ3) is 3.38. The van der Waals surface area contributed by atoms with Crippen LogP contribution in [0.25, 0.3) is 16.9 Å². The summed E-state index contributed by atoms with van der Waals surface area (Å²) in [6, 6.07) is 4.30. The predicted molar refractivity (Wildman–Crippen MR) is 130 cm³/mol. The maximum Gasteiger partial charge on any atom is 0.255 e. The summed E-state index contributed by atoms with van der Waals surface area (Å²) >= 11 is 0. The standard InChI is InChI=1S/C27H24F2N2O7/c1-31(2)21-16-8-11-7-15-14(10-5-12(28)9-13(29)6-10)3-4-17(32)19(15)22(33)18(11)24(35)27(16,38)25(36)20(23(21)34)26(30)37/h3-6,9,11,16,21,32-33,36,38H,7-8H2,1-2H3,(H2,30,37)/t11-,16-,21-,27-/m0/s1. The third-order valence-electron chi connectivity index (χ3n) is 7.78. The van der Waals surface area contributed by atoms with Gasteiger partial charge in [-0.05, 0) is 67.7 Å². The molecular formula is C27H24F2N2O7. The minimum absolute atomic E-state index is 0.00357. The van der Waals surface area contributed by atoms with Gasteiger partial charge in [0.25, 0.3) is 5.91 Å². The fraction of sp³-hybridized carbons (Fsp3) is 0.296. The van der Waals surface area contributed by atoms with Crippen LogP contribution in [0.3, 0.4) is 0 Å². The lowest BCUT2D eigenvalue weighted by molar-refractivity contribution is -0.153. The zero-order valence-corrected chi connectivity index (χ0v) is 20.3. The molecule has 1 fully saturated rings. The zero-order chi connectivity index (χ0) is 27.8. The highest BCUT2D eigenvalue weighted by molar-refractivity contribution is 6.24. The Bertz CT molecular complexity index is 1490. The van der Waals surface area contributed by atoms with Crippen molar-refractivity contribution in [2.75, 3.05) is 14.1 Å². The number of amides is 1. The van der Waals surface area contributed by atoms with Crippen LogP contribution in [0.1, 0.15) is 17.5 Å². The first-order valence-corrected chi connectivity index (χ1v) is 11.7. The number of phenolic OH excluding ortho intramolecular Hbond substituents is 1. The lowest BCUT2D eigenvalue weighted by Crippen LogP contribution is -2.65. The van der Waals surface area contributed by atoms with Crippen LogP contribution in [0.4, 0.5) is 8.78 Å². The van der Waals surface area contributed by atoms with Crippen LogP contribution >= 0.6 is 0 Å². The molecular weight excluding hydrogens is 502 g/mol. The van der Waals surface area contributed by atoms with Crippen molar-refractivity contribution in [1.29, 1.82) is 0 Å². The molecule has 11 heteroatoms. The van der Waals surface area contributed by atoms with Gasteiger partial charge in [0.1, 0.15) is 34.5 Å². The molecule has 0 radical (unpaired) electrons. The molecule has 0 bridgehead atoms. The molecule has 1 amide bonds. The van der Waals surface area contributed by atoms with E-state index in [1.165, 1.54) is 31.1 Å². The van der Waals surface area contributed by atoms with Gasteiger partial charge < -0.3 is 26.2 Å². The minimum Gasteiger partial charge on any atom is -0.508 e. The first kappa shape index (κ1) is 25.6. The number of hydrogen-bond donors (Lipinski definition) is 5. The predicted octanol–water partition coefficient (Wildman–Crippen LogP) is 1.91. The van der Waals surface area contributed by atoms with Crippen molar-refractivity contribution in [1.82, 2.24) is 4.90 Å². The number of aromatic hydroxyl groups is 1. The lowest BCUT2D eigenvalue weighted by atomic mass is 9.57. The largest absolute Gasteiger partial charge is 0.508 e. The molecule has 9 nitrogen and oxygen atoms in total. The van der Waals surface area contributed by atoms with Crippen molar-refractivity contribution in [3.05, 3.63) is 70.0 Å². The number of phenols is 1. The summed E-state index contributed by atoms with van der Waals surface area (Å²) in [6.45, 7) is 0. The van der Waals surface area contributed by atoms with Crippen molar-refractivity contribution < 1.29 is 43.6 Å². The van der Waals surface area contributed by atoms with E-state index >= 15 is 0 Å². The van der Waals surface area contributed by atoms with Gasteiger partial charge in [-0.25, -0.2) is 8.78 Å². The molecule has 5 rings (SSSR count). The molecule has 0 aromatic heterocycles. The van der Waals surface area contributed by atoms with Gasteiger partial charge in [-0.3, -0.25) is 19.3 Å². The average molecular weight is 526 g/mol. The molecule has 3 aliphatic carbocycles. The zero-order valence-electron chi connectivity index (χ0n) is 20.3. The highest BCUT2D eigenvalue weighted by Gasteiger charge is 2.64. The topological polar surface area (TPSA) is 161 Å². The Labute approximate surface area is 215 Å². The number of likely N-dealkylation sites (N-methyl/N-ethyl adjacent to an activating group) is 1. The van der Waals surface area contributed by atoms with Gasteiger partial charge in [-0.15, -0.1) is 0 Å². The first-order valence-electron chi connectivity index (χ1n) is 11.7. The Morgan fingerprint density at radius 3 is 2.29 bits per heavy atom. The molecule has 0 spiro atoms. The van der Waals surface area contributed by atoms with Gasteiger partial charge in [0.05, 0.1) is 11.6 Å². The van der Waals surface area contributed by atoms with Crippen LogP contribution in [0.15, 0.2) is 47.2 Å². The van der Waals surface area contributed by atoms with Gasteiger partial charge in [0, 0.05) is 17.6 Å². The number of primary amides is 1. The molecule has 0 saturated heterocycles. The monoisotopic (exact) mass is 526 g/mol. The maximum atomic E-state index is 14.0. The number of Topliss-reactive ketones (excluding diaryl/α,β-unsaturated/α-hetero) is 2. The Morgan fingerprint density at radius 2 is 1.71 bits per heavy atom. The van der Waals surface area contributed by atoms with Crippen molar-refractivity contribution in [3.8, 4) is 16.9 Å². The summed E-state index contributed by atoms with van der Waals surface area (Å²) in [4.78, 5) is 40.4. The number of ketones is 2. The summed E-state index contributed by atoms with van der Waals surface area (Å²) in [5, 5.41) is 44.3. The van der Waals surface area contributed by atoms with Crippen molar-refractivity contribution in [2.24, 2.45) is 17.6 Å². The second-order valence-corrected chi connectivity index (χ2v) is 10.1. The van der Waals surface area contributed by atoms with Gasteiger partial charge in [0.15, 0.2) is 11.4 Å². The molecule has 38 heavy (non-hydrogen) atoms. The van der Waals surface area contributed by atoms with E-state index < -0.39 is 75.4 Å². The number of carbonyl (C=O) groups excluding carboxylic acids is 3. The molecule has 2 aromatic rings. The van der Waals surface area contributed by atoms with Gasteiger partial charge in [-0.2, -0.15) is 0 Å². The summed E-state index contributed by atoms with van der Waals surface area (Å²) in [7, 11) is 3.00. The molecule has 6 N–H and O–H groups in total. The van der Waals surface area contributed by atoms with Crippen LogP contribution < -0.4 is 5.73 Å². The summed E-state index contributed by atoms with van der Waals surface area (Å²) in [5.41, 5.74) is 1.94. The number of halogens is 2. The molecule has 4 atom stereocenters. The molecule has 198 valence electrons. The minimum atomic E-state index is -2.75. The molecule has 0 aliphatic heterocycles. The number of benzene rings is 2. The van der Waals surface area contributed by atoms with E-state index in [4.69, 9.17) is 5.73 Å². The number of nitrogens with two attached hydrogens (primary N) is 1. The molecule has 2 aromatic carbocycles. The normalized spacial score (nSPS) is 26.8. The Hall–Kier alpha value is -4.09. The van der Waals surface area contributed by atoms with E-state index in [1.807, 2.05) is 0 Å². The van der Waals surface area contributed by atoms with Crippen LogP contribution in [0.2, 0.25) is 0 Å². The SMILES string of the molecule is CN(C)[C@@H]1C(=O)C(C(N)=O)=C(O)[C@@]2(O)C(=O)C3=C(O)c4c(O)ccc(-c5cc(F)cc(F)c5)c4C[C@H]3C[C@@H]12. The number of rotatable bonds is 3. The Morgan fingerprint density at radius 1 is 1.08 bits per heavy atom. The number of hydrogen-bond acceptors (Lipinski definition) is 8. The van der Waals surface area contributed by atoms with E-state index in [2.05, 4.69) is 0 Å². The van der Waals surface area contributed by atoms with Crippen LogP contribution in [-0.2, 0) is 20.8 Å². The summed E-state index contributed by atoms with van der Waals surface area (Å²) in [6.07, 6.45) is -0.102. The van der Waals surface area contributed by atoms with Crippen molar-refractivity contribution in [2.45, 2.75) is 24.5 Å². The number of aliphatic hydroxyl groups is 3. The van der Waals surface area contributed by atoms with Gasteiger partial charge in [0.2, 0.25) is 5.78 Å². The second kappa shape index (κ2) is 8.47. The van der Waals surface area contributed by atoms with Crippen molar-refractivity contribution in [3.63, 3.8) is 0 Å². The number of fused-ring (bicyclic) bond motifs is 3. The smallest absolute Gasteiger partial charge is 0.255 e. The number of nitrogens with zero attached hydrogens (tertiary/aromatic N) is 1. The number of carbonyl (C=O) groups is 3. The molecule has 3 aliphatic rings.